The first-order chi connectivity index (χ1) is 11.9. The van der Waals surface area contributed by atoms with Gasteiger partial charge in [0.05, 0.1) is 17.6 Å². The first-order valence-corrected chi connectivity index (χ1v) is 8.24. The van der Waals surface area contributed by atoms with E-state index in [0.29, 0.717) is 39.0 Å². The van der Waals surface area contributed by atoms with Crippen LogP contribution in [0.4, 0.5) is 13.2 Å². The van der Waals surface area contributed by atoms with Crippen LogP contribution in [0.2, 0.25) is 0 Å². The Hall–Kier alpha value is -2.09. The van der Waals surface area contributed by atoms with Crippen molar-refractivity contribution in [1.82, 2.24) is 4.90 Å². The average molecular weight is 356 g/mol. The molecule has 2 amide bonds. The second kappa shape index (κ2) is 7.03. The van der Waals surface area contributed by atoms with Crippen LogP contribution in [0.1, 0.15) is 29.6 Å². The molecule has 3 rings (SSSR count). The molecule has 1 aromatic carbocycles. The molecule has 2 atom stereocenters. The third-order valence-electron chi connectivity index (χ3n) is 5.06. The molecule has 8 heteroatoms. The predicted octanol–water partition coefficient (Wildman–Crippen LogP) is 1.85. The summed E-state index contributed by atoms with van der Waals surface area (Å²) >= 11 is 0. The summed E-state index contributed by atoms with van der Waals surface area (Å²) in [6.07, 6.45) is 1.49. The molecule has 0 bridgehead atoms. The molecule has 2 saturated heterocycles. The van der Waals surface area contributed by atoms with Crippen molar-refractivity contribution in [1.29, 1.82) is 0 Å². The highest BCUT2D eigenvalue weighted by atomic mass is 19.2. The number of hydrogen-bond acceptors (Lipinski definition) is 3. The zero-order chi connectivity index (χ0) is 18.1. The molecule has 0 unspecified atom stereocenters. The van der Waals surface area contributed by atoms with Crippen LogP contribution in [-0.2, 0) is 9.53 Å². The van der Waals surface area contributed by atoms with E-state index in [1.165, 1.54) is 4.90 Å². The molecule has 0 saturated carbocycles. The third kappa shape index (κ3) is 3.35. The molecule has 2 aliphatic heterocycles. The molecule has 1 aromatic rings. The van der Waals surface area contributed by atoms with E-state index in [0.717, 1.165) is 12.1 Å². The lowest BCUT2D eigenvalue weighted by Gasteiger charge is -2.35. The molecular formula is C17H19F3N2O3. The highest BCUT2D eigenvalue weighted by molar-refractivity contribution is 5.94. The standard InChI is InChI=1S/C17H19F3N2O3/c18-12-2-1-10(13(19)14(12)20)17(24)22-6-3-9(4-7-22)15-11(16(21)23)5-8-25-15/h1-2,9,11,15H,3-8H2,(H2,21,23)/t11-,15+/m0/s1. The fourth-order valence-electron chi connectivity index (χ4n) is 3.67. The lowest BCUT2D eigenvalue weighted by molar-refractivity contribution is -0.124. The number of benzene rings is 1. The Morgan fingerprint density at radius 3 is 2.40 bits per heavy atom. The van der Waals surface area contributed by atoms with Crippen molar-refractivity contribution in [3.05, 3.63) is 35.1 Å². The van der Waals surface area contributed by atoms with Crippen LogP contribution in [-0.4, -0.2) is 42.5 Å². The summed E-state index contributed by atoms with van der Waals surface area (Å²) in [5.74, 6) is -5.75. The maximum Gasteiger partial charge on any atom is 0.256 e. The quantitative estimate of drug-likeness (QED) is 0.840. The summed E-state index contributed by atoms with van der Waals surface area (Å²) in [5.41, 5.74) is 4.92. The maximum absolute atomic E-state index is 13.8. The summed E-state index contributed by atoms with van der Waals surface area (Å²) in [7, 11) is 0. The average Bonchev–Trinajstić information content (AvgIpc) is 3.09. The lowest BCUT2D eigenvalue weighted by Crippen LogP contribution is -2.44. The van der Waals surface area contributed by atoms with E-state index in [9.17, 15) is 22.8 Å². The maximum atomic E-state index is 13.8. The van der Waals surface area contributed by atoms with Gasteiger partial charge in [-0.05, 0) is 37.3 Å². The number of halogens is 3. The number of rotatable bonds is 3. The zero-order valence-electron chi connectivity index (χ0n) is 13.5. The molecule has 136 valence electrons. The highest BCUT2D eigenvalue weighted by Crippen LogP contribution is 2.33. The Labute approximate surface area is 142 Å². The smallest absolute Gasteiger partial charge is 0.256 e. The van der Waals surface area contributed by atoms with Crippen molar-refractivity contribution in [2.24, 2.45) is 17.6 Å². The van der Waals surface area contributed by atoms with E-state index in [1.807, 2.05) is 0 Å². The summed E-state index contributed by atoms with van der Waals surface area (Å²) in [6, 6.07) is 1.69. The van der Waals surface area contributed by atoms with Crippen LogP contribution in [0.15, 0.2) is 12.1 Å². The number of amides is 2. The summed E-state index contributed by atoms with van der Waals surface area (Å²) in [5, 5.41) is 0. The first-order valence-electron chi connectivity index (χ1n) is 8.24. The largest absolute Gasteiger partial charge is 0.377 e. The minimum absolute atomic E-state index is 0.0823. The van der Waals surface area contributed by atoms with Crippen molar-refractivity contribution < 1.29 is 27.5 Å². The third-order valence-corrected chi connectivity index (χ3v) is 5.06. The van der Waals surface area contributed by atoms with Gasteiger partial charge in [-0.3, -0.25) is 9.59 Å². The van der Waals surface area contributed by atoms with Gasteiger partial charge >= 0.3 is 0 Å². The minimum atomic E-state index is -1.65. The van der Waals surface area contributed by atoms with Crippen LogP contribution in [0, 0.1) is 29.3 Å². The van der Waals surface area contributed by atoms with Gasteiger partial charge < -0.3 is 15.4 Å². The lowest BCUT2D eigenvalue weighted by atomic mass is 9.84. The van der Waals surface area contributed by atoms with Crippen LogP contribution in [0.3, 0.4) is 0 Å². The number of nitrogens with two attached hydrogens (primary N) is 1. The van der Waals surface area contributed by atoms with Gasteiger partial charge in [0.2, 0.25) is 5.91 Å². The van der Waals surface area contributed by atoms with Crippen LogP contribution < -0.4 is 5.73 Å². The predicted molar refractivity (Wildman–Crippen MR) is 82.0 cm³/mol. The first kappa shape index (κ1) is 17.7. The molecule has 2 fully saturated rings. The van der Waals surface area contributed by atoms with Crippen molar-refractivity contribution in [2.45, 2.75) is 25.4 Å². The number of likely N-dealkylation sites (tertiary alicyclic amines) is 1. The number of nitrogens with zero attached hydrogens (tertiary/aromatic N) is 1. The number of hydrogen-bond donors (Lipinski definition) is 1. The molecule has 2 N–H and O–H groups in total. The molecule has 25 heavy (non-hydrogen) atoms. The second-order valence-corrected chi connectivity index (χ2v) is 6.49. The number of primary amides is 1. The normalized spacial score (nSPS) is 24.5. The summed E-state index contributed by atoms with van der Waals surface area (Å²) < 4.78 is 45.8. The second-order valence-electron chi connectivity index (χ2n) is 6.49. The van der Waals surface area contributed by atoms with Gasteiger partial charge in [0.1, 0.15) is 0 Å². The minimum Gasteiger partial charge on any atom is -0.377 e. The molecule has 0 spiro atoms. The fourth-order valence-corrected chi connectivity index (χ4v) is 3.67. The van der Waals surface area contributed by atoms with E-state index in [1.54, 1.807) is 0 Å². The van der Waals surface area contributed by atoms with Crippen molar-refractivity contribution >= 4 is 11.8 Å². The number of carbonyl (C=O) groups is 2. The molecule has 2 heterocycles. The monoisotopic (exact) mass is 356 g/mol. The Bertz CT molecular complexity index is 690. The number of piperidine rings is 1. The van der Waals surface area contributed by atoms with Crippen molar-refractivity contribution in [2.75, 3.05) is 19.7 Å². The van der Waals surface area contributed by atoms with Crippen LogP contribution >= 0.6 is 0 Å². The summed E-state index contributed by atoms with van der Waals surface area (Å²) in [6.45, 7) is 1.14. The van der Waals surface area contributed by atoms with Gasteiger partial charge in [0, 0.05) is 19.7 Å². The van der Waals surface area contributed by atoms with Crippen molar-refractivity contribution in [3.63, 3.8) is 0 Å². The zero-order valence-corrected chi connectivity index (χ0v) is 13.5. The van der Waals surface area contributed by atoms with Gasteiger partial charge in [0.25, 0.3) is 5.91 Å². The van der Waals surface area contributed by atoms with Crippen LogP contribution in [0.5, 0.6) is 0 Å². The van der Waals surface area contributed by atoms with Gasteiger partial charge in [0.15, 0.2) is 17.5 Å². The van der Waals surface area contributed by atoms with E-state index in [2.05, 4.69) is 0 Å². The van der Waals surface area contributed by atoms with Crippen LogP contribution in [0.25, 0.3) is 0 Å². The number of ether oxygens (including phenoxy) is 1. The summed E-state index contributed by atoms with van der Waals surface area (Å²) in [4.78, 5) is 25.3. The van der Waals surface area contributed by atoms with Crippen molar-refractivity contribution in [3.8, 4) is 0 Å². The molecule has 0 radical (unpaired) electrons. The molecule has 2 aliphatic rings. The molecule has 5 nitrogen and oxygen atoms in total. The van der Waals surface area contributed by atoms with E-state index >= 15 is 0 Å². The Morgan fingerprint density at radius 1 is 1.08 bits per heavy atom. The highest BCUT2D eigenvalue weighted by Gasteiger charge is 2.40. The Morgan fingerprint density at radius 2 is 1.76 bits per heavy atom. The molecule has 0 aromatic heterocycles. The fraction of sp³-hybridized carbons (Fsp3) is 0.529. The topological polar surface area (TPSA) is 72.6 Å². The Kier molecular flexibility index (Phi) is 4.99. The van der Waals surface area contributed by atoms with Gasteiger partial charge in [-0.2, -0.15) is 0 Å². The van der Waals surface area contributed by atoms with E-state index in [-0.39, 0.29) is 23.8 Å². The van der Waals surface area contributed by atoms with E-state index < -0.39 is 28.9 Å². The SMILES string of the molecule is NC(=O)[C@H]1CCO[C@@H]1C1CCN(C(=O)c2ccc(F)c(F)c2F)CC1. The van der Waals surface area contributed by atoms with E-state index in [4.69, 9.17) is 10.5 Å². The van der Waals surface area contributed by atoms with Gasteiger partial charge in [-0.1, -0.05) is 0 Å². The molecule has 0 aliphatic carbocycles. The molecular weight excluding hydrogens is 337 g/mol. The Balaban J connectivity index is 1.65. The van der Waals surface area contributed by atoms with Gasteiger partial charge in [-0.15, -0.1) is 0 Å². The van der Waals surface area contributed by atoms with Gasteiger partial charge in [-0.25, -0.2) is 13.2 Å². The number of carbonyl (C=O) groups excluding carboxylic acids is 2.